The minimum absolute atomic E-state index is 0.437. The van der Waals surface area contributed by atoms with Crippen LogP contribution >= 0.6 is 0 Å². The van der Waals surface area contributed by atoms with E-state index in [0.29, 0.717) is 17.4 Å². The summed E-state index contributed by atoms with van der Waals surface area (Å²) in [5.74, 6) is 0.481. The standard InChI is InChI=1S/C16H26N2/c1-4-17-15(16(3)10-6-7-11-16)13(2)14-9-5-8-12-18-14/h5,8-9,12-13,15,17H,4,6-7,10-11H2,1-3H3. The van der Waals surface area contributed by atoms with Crippen LogP contribution < -0.4 is 5.32 Å². The van der Waals surface area contributed by atoms with Crippen molar-refractivity contribution in [2.45, 2.75) is 58.4 Å². The van der Waals surface area contributed by atoms with Crippen molar-refractivity contribution in [3.05, 3.63) is 30.1 Å². The van der Waals surface area contributed by atoms with E-state index in [4.69, 9.17) is 0 Å². The van der Waals surface area contributed by atoms with Crippen molar-refractivity contribution in [1.29, 1.82) is 0 Å². The molecule has 1 heterocycles. The Labute approximate surface area is 111 Å². The molecule has 0 saturated heterocycles. The molecule has 2 rings (SSSR count). The number of rotatable bonds is 5. The molecule has 0 radical (unpaired) electrons. The molecule has 0 aliphatic heterocycles. The maximum Gasteiger partial charge on any atom is 0.0447 e. The van der Waals surface area contributed by atoms with E-state index in [1.807, 2.05) is 12.3 Å². The van der Waals surface area contributed by atoms with E-state index in [0.717, 1.165) is 6.54 Å². The lowest BCUT2D eigenvalue weighted by Crippen LogP contribution is -2.45. The molecule has 1 aliphatic carbocycles. The summed E-state index contributed by atoms with van der Waals surface area (Å²) in [6.45, 7) is 8.01. The molecular weight excluding hydrogens is 220 g/mol. The van der Waals surface area contributed by atoms with E-state index in [2.05, 4.69) is 43.2 Å². The van der Waals surface area contributed by atoms with Gasteiger partial charge in [0.2, 0.25) is 0 Å². The Kier molecular flexibility index (Phi) is 4.39. The summed E-state index contributed by atoms with van der Waals surface area (Å²) in [5.41, 5.74) is 1.66. The maximum atomic E-state index is 4.54. The molecule has 1 saturated carbocycles. The molecule has 0 amide bonds. The first-order chi connectivity index (χ1) is 8.67. The third-order valence-electron chi connectivity index (χ3n) is 4.57. The second kappa shape index (κ2) is 5.83. The highest BCUT2D eigenvalue weighted by molar-refractivity contribution is 5.13. The Bertz CT molecular complexity index is 355. The van der Waals surface area contributed by atoms with Crippen LogP contribution in [0.15, 0.2) is 24.4 Å². The van der Waals surface area contributed by atoms with E-state index in [-0.39, 0.29) is 0 Å². The van der Waals surface area contributed by atoms with Crippen LogP contribution in [0, 0.1) is 5.41 Å². The minimum atomic E-state index is 0.437. The monoisotopic (exact) mass is 246 g/mol. The molecule has 2 unspecified atom stereocenters. The lowest BCUT2D eigenvalue weighted by atomic mass is 9.74. The predicted molar refractivity (Wildman–Crippen MR) is 76.7 cm³/mol. The van der Waals surface area contributed by atoms with Gasteiger partial charge in [-0.15, -0.1) is 0 Å². The van der Waals surface area contributed by atoms with Crippen LogP contribution in [0.5, 0.6) is 0 Å². The second-order valence-electron chi connectivity index (χ2n) is 5.94. The van der Waals surface area contributed by atoms with Crippen molar-refractivity contribution in [2.75, 3.05) is 6.54 Å². The molecule has 1 fully saturated rings. The summed E-state index contributed by atoms with van der Waals surface area (Å²) in [4.78, 5) is 4.54. The molecule has 1 aliphatic rings. The predicted octanol–water partition coefficient (Wildman–Crippen LogP) is 3.74. The van der Waals surface area contributed by atoms with Crippen molar-refractivity contribution >= 4 is 0 Å². The van der Waals surface area contributed by atoms with Crippen LogP contribution in [0.4, 0.5) is 0 Å². The zero-order chi connectivity index (χ0) is 13.0. The van der Waals surface area contributed by atoms with Crippen LogP contribution in [0.25, 0.3) is 0 Å². The highest BCUT2D eigenvalue weighted by atomic mass is 14.9. The third-order valence-corrected chi connectivity index (χ3v) is 4.57. The van der Waals surface area contributed by atoms with Crippen molar-refractivity contribution in [3.63, 3.8) is 0 Å². The van der Waals surface area contributed by atoms with Crippen LogP contribution in [0.2, 0.25) is 0 Å². The minimum Gasteiger partial charge on any atom is -0.313 e. The normalized spacial score (nSPS) is 21.7. The number of nitrogens with one attached hydrogen (secondary N) is 1. The zero-order valence-corrected chi connectivity index (χ0v) is 11.9. The van der Waals surface area contributed by atoms with Gasteiger partial charge in [-0.25, -0.2) is 0 Å². The molecule has 0 aromatic carbocycles. The first-order valence-electron chi connectivity index (χ1n) is 7.31. The molecule has 2 heteroatoms. The summed E-state index contributed by atoms with van der Waals surface area (Å²) < 4.78 is 0. The summed E-state index contributed by atoms with van der Waals surface area (Å²) >= 11 is 0. The van der Waals surface area contributed by atoms with Crippen LogP contribution in [-0.4, -0.2) is 17.6 Å². The molecule has 18 heavy (non-hydrogen) atoms. The van der Waals surface area contributed by atoms with Gasteiger partial charge in [-0.2, -0.15) is 0 Å². The maximum absolute atomic E-state index is 4.54. The fourth-order valence-corrected chi connectivity index (χ4v) is 3.56. The summed E-state index contributed by atoms with van der Waals surface area (Å²) in [7, 11) is 0. The van der Waals surface area contributed by atoms with Crippen LogP contribution in [0.1, 0.15) is 58.1 Å². The molecule has 1 aromatic rings. The lowest BCUT2D eigenvalue weighted by Gasteiger charge is -2.38. The Hall–Kier alpha value is -0.890. The first-order valence-corrected chi connectivity index (χ1v) is 7.31. The van der Waals surface area contributed by atoms with Gasteiger partial charge in [0, 0.05) is 23.9 Å². The average Bonchev–Trinajstić information content (AvgIpc) is 2.84. The molecule has 2 nitrogen and oxygen atoms in total. The number of pyridine rings is 1. The molecule has 0 bridgehead atoms. The van der Waals surface area contributed by atoms with Crippen LogP contribution in [-0.2, 0) is 0 Å². The summed E-state index contributed by atoms with van der Waals surface area (Å²) in [5, 5.41) is 3.72. The van der Waals surface area contributed by atoms with Crippen molar-refractivity contribution in [3.8, 4) is 0 Å². The van der Waals surface area contributed by atoms with Gasteiger partial charge in [0.05, 0.1) is 0 Å². The van der Waals surface area contributed by atoms with Crippen LogP contribution in [0.3, 0.4) is 0 Å². The fourth-order valence-electron chi connectivity index (χ4n) is 3.56. The lowest BCUT2D eigenvalue weighted by molar-refractivity contribution is 0.197. The number of aromatic nitrogens is 1. The second-order valence-corrected chi connectivity index (χ2v) is 5.94. The van der Waals surface area contributed by atoms with Gasteiger partial charge < -0.3 is 5.32 Å². The Morgan fingerprint density at radius 1 is 1.33 bits per heavy atom. The summed E-state index contributed by atoms with van der Waals surface area (Å²) in [6, 6.07) is 6.79. The van der Waals surface area contributed by atoms with E-state index in [1.165, 1.54) is 31.4 Å². The Morgan fingerprint density at radius 2 is 2.06 bits per heavy atom. The molecule has 2 atom stereocenters. The number of hydrogen-bond donors (Lipinski definition) is 1. The first kappa shape index (κ1) is 13.5. The van der Waals surface area contributed by atoms with E-state index in [9.17, 15) is 0 Å². The number of likely N-dealkylation sites (N-methyl/N-ethyl adjacent to an activating group) is 1. The van der Waals surface area contributed by atoms with Gasteiger partial charge in [0.15, 0.2) is 0 Å². The van der Waals surface area contributed by atoms with Gasteiger partial charge in [-0.3, -0.25) is 4.98 Å². The molecule has 1 N–H and O–H groups in total. The van der Waals surface area contributed by atoms with Crippen molar-refractivity contribution in [2.24, 2.45) is 5.41 Å². The molecule has 100 valence electrons. The van der Waals surface area contributed by atoms with Crippen molar-refractivity contribution in [1.82, 2.24) is 10.3 Å². The molecular formula is C16H26N2. The van der Waals surface area contributed by atoms with Gasteiger partial charge in [-0.05, 0) is 36.9 Å². The Balaban J connectivity index is 2.19. The zero-order valence-electron chi connectivity index (χ0n) is 11.9. The smallest absolute Gasteiger partial charge is 0.0447 e. The van der Waals surface area contributed by atoms with E-state index >= 15 is 0 Å². The highest BCUT2D eigenvalue weighted by Crippen LogP contribution is 2.44. The summed E-state index contributed by atoms with van der Waals surface area (Å²) in [6.07, 6.45) is 7.37. The van der Waals surface area contributed by atoms with E-state index < -0.39 is 0 Å². The fraction of sp³-hybridized carbons (Fsp3) is 0.688. The van der Waals surface area contributed by atoms with Gasteiger partial charge in [-0.1, -0.05) is 39.7 Å². The average molecular weight is 246 g/mol. The molecule has 0 spiro atoms. The largest absolute Gasteiger partial charge is 0.313 e. The third kappa shape index (κ3) is 2.74. The SMILES string of the molecule is CCNC(C(C)c1ccccn1)C1(C)CCCC1. The highest BCUT2D eigenvalue weighted by Gasteiger charge is 2.39. The topological polar surface area (TPSA) is 24.9 Å². The molecule has 1 aromatic heterocycles. The Morgan fingerprint density at radius 3 is 2.61 bits per heavy atom. The number of nitrogens with zero attached hydrogens (tertiary/aromatic N) is 1. The quantitative estimate of drug-likeness (QED) is 0.856. The van der Waals surface area contributed by atoms with E-state index in [1.54, 1.807) is 0 Å². The van der Waals surface area contributed by atoms with Gasteiger partial charge >= 0.3 is 0 Å². The number of hydrogen-bond acceptors (Lipinski definition) is 2. The van der Waals surface area contributed by atoms with Gasteiger partial charge in [0.1, 0.15) is 0 Å². The van der Waals surface area contributed by atoms with Crippen molar-refractivity contribution < 1.29 is 0 Å². The van der Waals surface area contributed by atoms with Gasteiger partial charge in [0.25, 0.3) is 0 Å².